The maximum atomic E-state index is 13.8. The number of H-pyrrole nitrogens is 1. The second kappa shape index (κ2) is 7.17. The lowest BCUT2D eigenvalue weighted by atomic mass is 10.2. The van der Waals surface area contributed by atoms with Crippen LogP contribution in [-0.4, -0.2) is 50.7 Å². The van der Waals surface area contributed by atoms with Gasteiger partial charge in [0.25, 0.3) is 0 Å². The van der Waals surface area contributed by atoms with Gasteiger partial charge in [-0.3, -0.25) is 4.90 Å². The van der Waals surface area contributed by atoms with Crippen LogP contribution in [0.3, 0.4) is 0 Å². The molecule has 1 aromatic rings. The van der Waals surface area contributed by atoms with Crippen LogP contribution in [0, 0.1) is 0 Å². The summed E-state index contributed by atoms with van der Waals surface area (Å²) in [4.78, 5) is 16.3. The van der Waals surface area contributed by atoms with Gasteiger partial charge in [0.05, 0.1) is 12.6 Å². The summed E-state index contributed by atoms with van der Waals surface area (Å²) >= 11 is 0. The molecule has 2 heterocycles. The average molecular weight is 366 g/mol. The second-order valence-corrected chi connectivity index (χ2v) is 7.11. The smallest absolute Gasteiger partial charge is 0.411 e. The Morgan fingerprint density at radius 3 is 2.60 bits per heavy atom. The molecule has 1 aromatic heterocycles. The Morgan fingerprint density at radius 1 is 1.32 bits per heavy atom. The van der Waals surface area contributed by atoms with Crippen molar-refractivity contribution in [3.8, 4) is 0 Å². The van der Waals surface area contributed by atoms with E-state index in [1.54, 1.807) is 20.8 Å². The molecule has 1 aliphatic rings. The first-order valence-corrected chi connectivity index (χ1v) is 8.06. The molecule has 0 spiro atoms. The highest BCUT2D eigenvalue weighted by molar-refractivity contribution is 5.69. The van der Waals surface area contributed by atoms with Crippen LogP contribution in [0.2, 0.25) is 0 Å². The molecule has 1 amide bonds. The number of carbonyl (C=O) groups excluding carboxylic acids is 1. The van der Waals surface area contributed by atoms with Crippen LogP contribution < -0.4 is 0 Å². The van der Waals surface area contributed by atoms with Gasteiger partial charge in [-0.15, -0.1) is 10.2 Å². The van der Waals surface area contributed by atoms with Crippen molar-refractivity contribution in [3.05, 3.63) is 11.6 Å². The van der Waals surface area contributed by atoms with E-state index in [1.165, 1.54) is 4.90 Å². The molecule has 2 atom stereocenters. The van der Waals surface area contributed by atoms with Gasteiger partial charge in [-0.1, -0.05) is 0 Å². The molecule has 2 rings (SSSR count). The Balaban J connectivity index is 2.02. The molecule has 0 aromatic carbocycles. The van der Waals surface area contributed by atoms with Crippen molar-refractivity contribution in [2.75, 3.05) is 6.54 Å². The molecule has 0 bridgehead atoms. The number of likely N-dealkylation sites (tertiary alicyclic amines) is 1. The number of amides is 1. The standard InChI is InChI=1S/C15H22F4N4O2/c1-14(2,3)25-13(24)23-8-9(16)7-10(23)12-20-11(21-22-12)5-4-6-15(17,18)19/h9-10H,4-8H2,1-3H3,(H,20,21,22)/t9-,10+/m1/s1. The Morgan fingerprint density at radius 2 is 2.00 bits per heavy atom. The number of nitrogens with one attached hydrogen (secondary N) is 1. The highest BCUT2D eigenvalue weighted by Crippen LogP contribution is 2.33. The van der Waals surface area contributed by atoms with E-state index < -0.39 is 36.5 Å². The fraction of sp³-hybridized carbons (Fsp3) is 0.800. The van der Waals surface area contributed by atoms with E-state index in [2.05, 4.69) is 15.2 Å². The molecule has 0 aliphatic carbocycles. The Kier molecular flexibility index (Phi) is 5.58. The minimum Gasteiger partial charge on any atom is -0.444 e. The van der Waals surface area contributed by atoms with Gasteiger partial charge in [0, 0.05) is 19.3 Å². The minimum absolute atomic E-state index is 0.0381. The largest absolute Gasteiger partial charge is 0.444 e. The number of halogens is 4. The number of rotatable bonds is 4. The summed E-state index contributed by atoms with van der Waals surface area (Å²) in [6, 6.07) is -0.672. The van der Waals surface area contributed by atoms with Gasteiger partial charge in [0.1, 0.15) is 17.6 Å². The molecule has 10 heteroatoms. The maximum Gasteiger partial charge on any atom is 0.411 e. The van der Waals surface area contributed by atoms with Crippen molar-refractivity contribution in [3.63, 3.8) is 0 Å². The normalized spacial score (nSPS) is 21.6. The van der Waals surface area contributed by atoms with Gasteiger partial charge in [0.2, 0.25) is 0 Å². The third-order valence-electron chi connectivity index (χ3n) is 3.62. The lowest BCUT2D eigenvalue weighted by Crippen LogP contribution is -2.37. The van der Waals surface area contributed by atoms with Gasteiger partial charge >= 0.3 is 12.3 Å². The number of hydrogen-bond acceptors (Lipinski definition) is 4. The van der Waals surface area contributed by atoms with E-state index >= 15 is 0 Å². The van der Waals surface area contributed by atoms with E-state index in [0.717, 1.165) is 0 Å². The lowest BCUT2D eigenvalue weighted by Gasteiger charge is -2.27. The number of aromatic nitrogens is 3. The number of alkyl halides is 4. The summed E-state index contributed by atoms with van der Waals surface area (Å²) in [5.41, 5.74) is -0.722. The van der Waals surface area contributed by atoms with Crippen molar-refractivity contribution in [1.82, 2.24) is 20.1 Å². The van der Waals surface area contributed by atoms with Crippen LogP contribution in [0.15, 0.2) is 0 Å². The maximum absolute atomic E-state index is 13.8. The first-order valence-electron chi connectivity index (χ1n) is 8.06. The van der Waals surface area contributed by atoms with E-state index in [-0.39, 0.29) is 37.5 Å². The van der Waals surface area contributed by atoms with E-state index in [1.807, 2.05) is 0 Å². The van der Waals surface area contributed by atoms with Crippen molar-refractivity contribution in [2.24, 2.45) is 0 Å². The molecule has 0 saturated carbocycles. The number of ether oxygens (including phenoxy) is 1. The highest BCUT2D eigenvalue weighted by atomic mass is 19.4. The van der Waals surface area contributed by atoms with Crippen molar-refractivity contribution in [1.29, 1.82) is 0 Å². The molecular weight excluding hydrogens is 344 g/mol. The number of hydrogen-bond donors (Lipinski definition) is 1. The zero-order chi connectivity index (χ0) is 18.8. The molecule has 0 unspecified atom stereocenters. The van der Waals surface area contributed by atoms with E-state index in [4.69, 9.17) is 4.74 Å². The number of aromatic amines is 1. The summed E-state index contributed by atoms with van der Waals surface area (Å²) in [6.07, 6.45) is -7.03. The SMILES string of the molecule is CC(C)(C)OC(=O)N1C[C@H](F)C[C@H]1c1nnc(CCCC(F)(F)F)[nH]1. The first kappa shape index (κ1) is 19.5. The molecule has 1 aliphatic heterocycles. The van der Waals surface area contributed by atoms with Gasteiger partial charge in [0.15, 0.2) is 5.82 Å². The van der Waals surface area contributed by atoms with Crippen molar-refractivity contribution in [2.45, 2.75) is 70.4 Å². The van der Waals surface area contributed by atoms with E-state index in [0.29, 0.717) is 0 Å². The Hall–Kier alpha value is -1.87. The topological polar surface area (TPSA) is 71.1 Å². The Bertz CT molecular complexity index is 597. The zero-order valence-electron chi connectivity index (χ0n) is 14.4. The molecule has 6 nitrogen and oxygen atoms in total. The molecule has 1 fully saturated rings. The van der Waals surface area contributed by atoms with Crippen LogP contribution in [0.4, 0.5) is 22.4 Å². The fourth-order valence-corrected chi connectivity index (χ4v) is 2.60. The van der Waals surface area contributed by atoms with Crippen LogP contribution in [0.1, 0.15) is 57.7 Å². The molecule has 142 valence electrons. The molecule has 1 N–H and O–H groups in total. The summed E-state index contributed by atoms with van der Waals surface area (Å²) < 4.78 is 55.6. The van der Waals surface area contributed by atoms with Crippen molar-refractivity contribution >= 4 is 6.09 Å². The average Bonchev–Trinajstić information content (AvgIpc) is 3.01. The Labute approximate surface area is 142 Å². The molecule has 25 heavy (non-hydrogen) atoms. The van der Waals surface area contributed by atoms with Crippen molar-refractivity contribution < 1.29 is 27.1 Å². The third kappa shape index (κ3) is 5.86. The summed E-state index contributed by atoms with van der Waals surface area (Å²) in [5.74, 6) is 0.540. The van der Waals surface area contributed by atoms with Crippen LogP contribution in [0.5, 0.6) is 0 Å². The number of nitrogens with zero attached hydrogens (tertiary/aromatic N) is 3. The number of aryl methyl sites for hydroxylation is 1. The lowest BCUT2D eigenvalue weighted by molar-refractivity contribution is -0.135. The van der Waals surface area contributed by atoms with Gasteiger partial charge in [-0.05, 0) is 27.2 Å². The monoisotopic (exact) mass is 366 g/mol. The van der Waals surface area contributed by atoms with Crippen LogP contribution in [0.25, 0.3) is 0 Å². The highest BCUT2D eigenvalue weighted by Gasteiger charge is 2.40. The van der Waals surface area contributed by atoms with Crippen LogP contribution >= 0.6 is 0 Å². The number of carbonyl (C=O) groups is 1. The fourth-order valence-electron chi connectivity index (χ4n) is 2.60. The third-order valence-corrected chi connectivity index (χ3v) is 3.62. The van der Waals surface area contributed by atoms with E-state index in [9.17, 15) is 22.4 Å². The predicted octanol–water partition coefficient (Wildman–Crippen LogP) is 3.71. The first-order chi connectivity index (χ1) is 11.4. The second-order valence-electron chi connectivity index (χ2n) is 7.11. The van der Waals surface area contributed by atoms with Gasteiger partial charge < -0.3 is 9.72 Å². The predicted molar refractivity (Wildman–Crippen MR) is 80.6 cm³/mol. The quantitative estimate of drug-likeness (QED) is 0.825. The zero-order valence-corrected chi connectivity index (χ0v) is 14.4. The summed E-state index contributed by atoms with van der Waals surface area (Å²) in [7, 11) is 0. The van der Waals surface area contributed by atoms with Gasteiger partial charge in [-0.2, -0.15) is 13.2 Å². The molecule has 1 saturated heterocycles. The van der Waals surface area contributed by atoms with Crippen LogP contribution in [-0.2, 0) is 11.2 Å². The molecular formula is C15H22F4N4O2. The minimum atomic E-state index is -4.22. The van der Waals surface area contributed by atoms with Gasteiger partial charge in [-0.25, -0.2) is 9.18 Å². The summed E-state index contributed by atoms with van der Waals surface area (Å²) in [5, 5.41) is 7.67. The molecule has 0 radical (unpaired) electrons. The summed E-state index contributed by atoms with van der Waals surface area (Å²) in [6.45, 7) is 4.99.